The van der Waals surface area contributed by atoms with Crippen molar-refractivity contribution in [2.24, 2.45) is 0 Å². The molecule has 0 radical (unpaired) electrons. The number of carbonyl (C=O) groups is 1. The Kier molecular flexibility index (Phi) is 4.90. The number of amides is 1. The smallest absolute Gasteiger partial charge is 0.278 e. The summed E-state index contributed by atoms with van der Waals surface area (Å²) in [6.07, 6.45) is 4.68. The molecule has 0 spiro atoms. The summed E-state index contributed by atoms with van der Waals surface area (Å²) in [6.45, 7) is 2.75. The molecule has 6 heteroatoms. The van der Waals surface area contributed by atoms with E-state index in [0.717, 1.165) is 23.2 Å². The van der Waals surface area contributed by atoms with E-state index in [1.54, 1.807) is 12.4 Å². The van der Waals surface area contributed by atoms with Crippen molar-refractivity contribution in [3.8, 4) is 11.3 Å². The minimum Gasteiger partial charge on any atom is -0.443 e. The SMILES string of the molecule is Cc1ccc(-c2ocnc2C(=O)Nc2cncc(CN(C)C)c2)cc1. The van der Waals surface area contributed by atoms with Crippen molar-refractivity contribution in [2.45, 2.75) is 13.5 Å². The van der Waals surface area contributed by atoms with E-state index in [1.807, 2.05) is 56.3 Å². The highest BCUT2D eigenvalue weighted by atomic mass is 16.3. The average Bonchev–Trinajstić information content (AvgIpc) is 3.05. The number of aryl methyl sites for hydroxylation is 1. The lowest BCUT2D eigenvalue weighted by Crippen LogP contribution is -2.15. The van der Waals surface area contributed by atoms with E-state index in [1.165, 1.54) is 6.39 Å². The summed E-state index contributed by atoms with van der Waals surface area (Å²) in [4.78, 5) is 22.9. The fourth-order valence-electron chi connectivity index (χ4n) is 2.52. The summed E-state index contributed by atoms with van der Waals surface area (Å²) in [5, 5.41) is 2.84. The lowest BCUT2D eigenvalue weighted by Gasteiger charge is -2.10. The monoisotopic (exact) mass is 336 g/mol. The second-order valence-corrected chi connectivity index (χ2v) is 6.17. The molecule has 0 fully saturated rings. The van der Waals surface area contributed by atoms with Gasteiger partial charge in [0.15, 0.2) is 17.8 Å². The minimum absolute atomic E-state index is 0.252. The molecule has 2 aromatic heterocycles. The molecule has 0 atom stereocenters. The Labute approximate surface area is 146 Å². The molecule has 3 aromatic rings. The van der Waals surface area contributed by atoms with Crippen LogP contribution in [0.3, 0.4) is 0 Å². The Hall–Kier alpha value is -2.99. The maximum atomic E-state index is 12.6. The predicted octanol–water partition coefficient (Wildman–Crippen LogP) is 3.36. The zero-order chi connectivity index (χ0) is 17.8. The van der Waals surface area contributed by atoms with Crippen molar-refractivity contribution in [2.75, 3.05) is 19.4 Å². The molecule has 1 N–H and O–H groups in total. The van der Waals surface area contributed by atoms with Crippen LogP contribution in [0.25, 0.3) is 11.3 Å². The third-order valence-electron chi connectivity index (χ3n) is 3.65. The molecule has 1 aromatic carbocycles. The van der Waals surface area contributed by atoms with Crippen LogP contribution in [0.1, 0.15) is 21.6 Å². The van der Waals surface area contributed by atoms with Gasteiger partial charge in [0, 0.05) is 18.3 Å². The van der Waals surface area contributed by atoms with Gasteiger partial charge in [0.05, 0.1) is 11.9 Å². The highest BCUT2D eigenvalue weighted by Gasteiger charge is 2.18. The summed E-state index contributed by atoms with van der Waals surface area (Å²) in [5.41, 5.74) is 3.84. The third kappa shape index (κ3) is 4.10. The molecular weight excluding hydrogens is 316 g/mol. The van der Waals surface area contributed by atoms with Crippen LogP contribution < -0.4 is 5.32 Å². The van der Waals surface area contributed by atoms with Gasteiger partial charge >= 0.3 is 0 Å². The first-order valence-electron chi connectivity index (χ1n) is 7.93. The van der Waals surface area contributed by atoms with Gasteiger partial charge in [-0.25, -0.2) is 4.98 Å². The van der Waals surface area contributed by atoms with E-state index in [4.69, 9.17) is 4.42 Å². The number of hydrogen-bond acceptors (Lipinski definition) is 5. The van der Waals surface area contributed by atoms with Crippen LogP contribution in [0.5, 0.6) is 0 Å². The van der Waals surface area contributed by atoms with Crippen molar-refractivity contribution < 1.29 is 9.21 Å². The van der Waals surface area contributed by atoms with Crippen LogP contribution in [0.2, 0.25) is 0 Å². The van der Waals surface area contributed by atoms with Crippen LogP contribution in [-0.2, 0) is 6.54 Å². The number of anilines is 1. The Morgan fingerprint density at radius 1 is 1.20 bits per heavy atom. The number of aromatic nitrogens is 2. The van der Waals surface area contributed by atoms with Gasteiger partial charge in [-0.2, -0.15) is 0 Å². The van der Waals surface area contributed by atoms with Crippen LogP contribution in [-0.4, -0.2) is 34.9 Å². The Morgan fingerprint density at radius 3 is 2.68 bits per heavy atom. The zero-order valence-electron chi connectivity index (χ0n) is 14.5. The van der Waals surface area contributed by atoms with Gasteiger partial charge < -0.3 is 14.6 Å². The molecule has 25 heavy (non-hydrogen) atoms. The average molecular weight is 336 g/mol. The summed E-state index contributed by atoms with van der Waals surface area (Å²) < 4.78 is 5.43. The molecule has 0 aliphatic rings. The maximum Gasteiger partial charge on any atom is 0.278 e. The quantitative estimate of drug-likeness (QED) is 0.773. The number of carbonyl (C=O) groups excluding carboxylic acids is 1. The van der Waals surface area contributed by atoms with Gasteiger partial charge in [0.1, 0.15) is 0 Å². The van der Waals surface area contributed by atoms with Gasteiger partial charge in [0.25, 0.3) is 5.91 Å². The van der Waals surface area contributed by atoms with Crippen LogP contribution in [0.15, 0.2) is 53.5 Å². The zero-order valence-corrected chi connectivity index (χ0v) is 14.5. The minimum atomic E-state index is -0.326. The van der Waals surface area contributed by atoms with Gasteiger partial charge in [-0.05, 0) is 32.6 Å². The van der Waals surface area contributed by atoms with Crippen molar-refractivity contribution in [1.82, 2.24) is 14.9 Å². The number of nitrogens with one attached hydrogen (secondary N) is 1. The number of rotatable bonds is 5. The molecule has 3 rings (SSSR count). The standard InChI is InChI=1S/C19H20N4O2/c1-13-4-6-15(7-5-13)18-17(21-12-25-18)19(24)22-16-8-14(9-20-10-16)11-23(2)3/h4-10,12H,11H2,1-3H3,(H,22,24). The highest BCUT2D eigenvalue weighted by molar-refractivity contribution is 6.06. The van der Waals surface area contributed by atoms with E-state index in [2.05, 4.69) is 15.3 Å². The molecule has 0 bridgehead atoms. The Bertz CT molecular complexity index is 869. The first-order chi connectivity index (χ1) is 12.0. The van der Waals surface area contributed by atoms with Crippen molar-refractivity contribution in [1.29, 1.82) is 0 Å². The fraction of sp³-hybridized carbons (Fsp3) is 0.211. The van der Waals surface area contributed by atoms with E-state index >= 15 is 0 Å². The number of oxazole rings is 1. The molecule has 1 amide bonds. The lowest BCUT2D eigenvalue weighted by molar-refractivity contribution is 0.102. The number of pyridine rings is 1. The molecule has 0 saturated carbocycles. The molecule has 128 valence electrons. The fourth-order valence-corrected chi connectivity index (χ4v) is 2.52. The molecule has 0 aliphatic heterocycles. The Balaban J connectivity index is 1.81. The summed E-state index contributed by atoms with van der Waals surface area (Å²) >= 11 is 0. The second kappa shape index (κ2) is 7.27. The second-order valence-electron chi connectivity index (χ2n) is 6.17. The Morgan fingerprint density at radius 2 is 1.96 bits per heavy atom. The molecule has 6 nitrogen and oxygen atoms in total. The summed E-state index contributed by atoms with van der Waals surface area (Å²) in [5.74, 6) is 0.128. The van der Waals surface area contributed by atoms with E-state index in [9.17, 15) is 4.79 Å². The topological polar surface area (TPSA) is 71.3 Å². The predicted molar refractivity (Wildman–Crippen MR) is 96.3 cm³/mol. The molecule has 0 unspecified atom stereocenters. The van der Waals surface area contributed by atoms with E-state index in [-0.39, 0.29) is 11.6 Å². The van der Waals surface area contributed by atoms with Crippen LogP contribution in [0, 0.1) is 6.92 Å². The number of hydrogen-bond donors (Lipinski definition) is 1. The van der Waals surface area contributed by atoms with Gasteiger partial charge in [-0.3, -0.25) is 9.78 Å². The summed E-state index contributed by atoms with van der Waals surface area (Å²) in [7, 11) is 3.96. The van der Waals surface area contributed by atoms with Gasteiger partial charge in [0.2, 0.25) is 0 Å². The van der Waals surface area contributed by atoms with Crippen molar-refractivity contribution in [3.63, 3.8) is 0 Å². The van der Waals surface area contributed by atoms with E-state index < -0.39 is 0 Å². The first-order valence-corrected chi connectivity index (χ1v) is 7.93. The third-order valence-corrected chi connectivity index (χ3v) is 3.65. The number of benzene rings is 1. The normalized spacial score (nSPS) is 10.9. The number of nitrogens with zero attached hydrogens (tertiary/aromatic N) is 3. The van der Waals surface area contributed by atoms with Crippen molar-refractivity contribution in [3.05, 3.63) is 65.9 Å². The molecule has 0 aliphatic carbocycles. The first kappa shape index (κ1) is 16.9. The molecular formula is C19H20N4O2. The van der Waals surface area contributed by atoms with Crippen molar-refractivity contribution >= 4 is 11.6 Å². The van der Waals surface area contributed by atoms with Gasteiger partial charge in [-0.1, -0.05) is 29.8 Å². The van der Waals surface area contributed by atoms with Crippen LogP contribution in [0.4, 0.5) is 5.69 Å². The van der Waals surface area contributed by atoms with E-state index in [0.29, 0.717) is 11.4 Å². The molecule has 0 saturated heterocycles. The highest BCUT2D eigenvalue weighted by Crippen LogP contribution is 2.24. The van der Waals surface area contributed by atoms with Crippen LogP contribution >= 0.6 is 0 Å². The summed E-state index contributed by atoms with van der Waals surface area (Å²) in [6, 6.07) is 9.65. The molecule has 2 heterocycles. The lowest BCUT2D eigenvalue weighted by atomic mass is 10.1. The van der Waals surface area contributed by atoms with Gasteiger partial charge in [-0.15, -0.1) is 0 Å². The largest absolute Gasteiger partial charge is 0.443 e. The maximum absolute atomic E-state index is 12.6.